The molecule has 0 spiro atoms. The van der Waals surface area contributed by atoms with E-state index in [0.29, 0.717) is 5.56 Å². The highest BCUT2D eigenvalue weighted by atomic mass is 32.2. The first kappa shape index (κ1) is 19.8. The molecule has 0 radical (unpaired) electrons. The van der Waals surface area contributed by atoms with Crippen LogP contribution in [-0.2, 0) is 22.1 Å². The monoisotopic (exact) mass is 387 g/mol. The van der Waals surface area contributed by atoms with Crippen LogP contribution in [-0.4, -0.2) is 26.9 Å². The van der Waals surface area contributed by atoms with Crippen molar-refractivity contribution in [3.8, 4) is 5.75 Å². The molecule has 0 aromatic heterocycles. The van der Waals surface area contributed by atoms with Gasteiger partial charge in [-0.2, -0.15) is 0 Å². The summed E-state index contributed by atoms with van der Waals surface area (Å²) in [7, 11) is -3.25. The van der Waals surface area contributed by atoms with Gasteiger partial charge in [-0.3, -0.25) is 4.79 Å². The first-order valence-corrected chi connectivity index (χ1v) is 9.48. The zero-order valence-electron chi connectivity index (χ0n) is 13.7. The molecule has 0 fully saturated rings. The Hall–Kier alpha value is -2.55. The van der Waals surface area contributed by atoms with Crippen LogP contribution >= 0.6 is 0 Å². The molecule has 1 amide bonds. The van der Waals surface area contributed by atoms with Crippen LogP contribution in [0.2, 0.25) is 0 Å². The molecule has 0 aliphatic heterocycles. The zero-order chi connectivity index (χ0) is 19.4. The van der Waals surface area contributed by atoms with E-state index in [4.69, 9.17) is 0 Å². The molecular formula is C17H16F3NO4S. The molecule has 2 aromatic rings. The van der Waals surface area contributed by atoms with E-state index in [1.165, 1.54) is 36.4 Å². The van der Waals surface area contributed by atoms with Crippen LogP contribution in [0.5, 0.6) is 5.75 Å². The van der Waals surface area contributed by atoms with Gasteiger partial charge in [-0.25, -0.2) is 8.42 Å². The highest BCUT2D eigenvalue weighted by Crippen LogP contribution is 2.26. The summed E-state index contributed by atoms with van der Waals surface area (Å²) in [5.74, 6) is -1.15. The number of carbonyl (C=O) groups excluding carboxylic acids is 1. The summed E-state index contributed by atoms with van der Waals surface area (Å²) in [6, 6.07) is 11.5. The Kier molecular flexibility index (Phi) is 5.91. The van der Waals surface area contributed by atoms with Crippen molar-refractivity contribution in [2.24, 2.45) is 0 Å². The summed E-state index contributed by atoms with van der Waals surface area (Å²) in [6.45, 7) is -0.179. The lowest BCUT2D eigenvalue weighted by Gasteiger charge is -2.13. The zero-order valence-corrected chi connectivity index (χ0v) is 14.5. The van der Waals surface area contributed by atoms with E-state index in [0.717, 1.165) is 12.3 Å². The molecule has 0 unspecified atom stereocenters. The second-order valence-corrected chi connectivity index (χ2v) is 7.75. The van der Waals surface area contributed by atoms with Crippen LogP contribution in [0.3, 0.4) is 0 Å². The minimum absolute atomic E-state index is 0.158. The molecule has 140 valence electrons. The molecule has 1 N–H and O–H groups in total. The van der Waals surface area contributed by atoms with Gasteiger partial charge in [-0.05, 0) is 23.8 Å². The van der Waals surface area contributed by atoms with Crippen LogP contribution in [0.15, 0.2) is 48.5 Å². The maximum Gasteiger partial charge on any atom is 0.573 e. The number of alkyl halides is 3. The molecule has 9 heteroatoms. The van der Waals surface area contributed by atoms with E-state index in [1.54, 1.807) is 6.07 Å². The lowest BCUT2D eigenvalue weighted by Crippen LogP contribution is -2.24. The average molecular weight is 387 g/mol. The number of halogens is 3. The molecule has 0 bridgehead atoms. The highest BCUT2D eigenvalue weighted by Gasteiger charge is 2.32. The normalized spacial score (nSPS) is 11.8. The lowest BCUT2D eigenvalue weighted by atomic mass is 10.1. The fraction of sp³-hybridized carbons (Fsp3) is 0.235. The van der Waals surface area contributed by atoms with E-state index in [1.807, 2.05) is 0 Å². The molecule has 2 aromatic carbocycles. The van der Waals surface area contributed by atoms with Crippen molar-refractivity contribution in [2.45, 2.75) is 18.7 Å². The van der Waals surface area contributed by atoms with Crippen molar-refractivity contribution in [2.75, 3.05) is 6.26 Å². The fourth-order valence-electron chi connectivity index (χ4n) is 2.26. The summed E-state index contributed by atoms with van der Waals surface area (Å²) >= 11 is 0. The third-order valence-electron chi connectivity index (χ3n) is 3.26. The summed E-state index contributed by atoms with van der Waals surface area (Å²) in [6.07, 6.45) is -3.75. The van der Waals surface area contributed by atoms with Crippen LogP contribution in [0.1, 0.15) is 21.5 Å². The number of benzene rings is 2. The maximum absolute atomic E-state index is 12.4. The molecule has 0 aliphatic carbocycles. The predicted molar refractivity (Wildman–Crippen MR) is 89.3 cm³/mol. The fourth-order valence-corrected chi connectivity index (χ4v) is 3.04. The SMILES string of the molecule is CS(=O)(=O)Cc1cccc(C(=O)NCc2ccccc2OC(F)(F)F)c1. The largest absolute Gasteiger partial charge is 0.573 e. The van der Waals surface area contributed by atoms with Gasteiger partial charge in [-0.1, -0.05) is 30.3 Å². The Morgan fingerprint density at radius 2 is 1.81 bits per heavy atom. The number of amides is 1. The molecule has 2 rings (SSSR count). The van der Waals surface area contributed by atoms with Crippen molar-refractivity contribution in [3.63, 3.8) is 0 Å². The van der Waals surface area contributed by atoms with Crippen molar-refractivity contribution in [1.82, 2.24) is 5.32 Å². The van der Waals surface area contributed by atoms with Gasteiger partial charge < -0.3 is 10.1 Å². The Bertz CT molecular complexity index is 895. The number of ether oxygens (including phenoxy) is 1. The van der Waals surface area contributed by atoms with Crippen molar-refractivity contribution < 1.29 is 31.1 Å². The first-order chi connectivity index (χ1) is 12.0. The van der Waals surface area contributed by atoms with Gasteiger partial charge >= 0.3 is 6.36 Å². The van der Waals surface area contributed by atoms with Gasteiger partial charge in [-0.15, -0.1) is 13.2 Å². The predicted octanol–water partition coefficient (Wildman–Crippen LogP) is 3.06. The van der Waals surface area contributed by atoms with Crippen molar-refractivity contribution in [1.29, 1.82) is 0 Å². The van der Waals surface area contributed by atoms with E-state index in [9.17, 15) is 26.4 Å². The average Bonchev–Trinajstić information content (AvgIpc) is 2.51. The van der Waals surface area contributed by atoms with Gasteiger partial charge in [0.2, 0.25) is 0 Å². The second-order valence-electron chi connectivity index (χ2n) is 5.61. The summed E-state index contributed by atoms with van der Waals surface area (Å²) in [5.41, 5.74) is 0.812. The van der Waals surface area contributed by atoms with E-state index in [-0.39, 0.29) is 23.4 Å². The standard InChI is InChI=1S/C17H16F3NO4S/c1-26(23,24)11-12-5-4-7-13(9-12)16(22)21-10-14-6-2-3-8-15(14)25-17(18,19)20/h2-9H,10-11H2,1H3,(H,21,22). The third-order valence-corrected chi connectivity index (χ3v) is 4.11. The van der Waals surface area contributed by atoms with Crippen molar-refractivity contribution >= 4 is 15.7 Å². The Labute approximate surface area is 148 Å². The molecule has 26 heavy (non-hydrogen) atoms. The van der Waals surface area contributed by atoms with Gasteiger partial charge in [0.25, 0.3) is 5.91 Å². The summed E-state index contributed by atoms with van der Waals surface area (Å²) < 4.78 is 63.8. The van der Waals surface area contributed by atoms with Crippen LogP contribution in [0, 0.1) is 0 Å². The number of hydrogen-bond donors (Lipinski definition) is 1. The summed E-state index contributed by atoms with van der Waals surface area (Å²) in [4.78, 5) is 12.2. The summed E-state index contributed by atoms with van der Waals surface area (Å²) in [5, 5.41) is 2.50. The molecule has 0 heterocycles. The van der Waals surface area contributed by atoms with Crippen LogP contribution in [0.4, 0.5) is 13.2 Å². The maximum atomic E-state index is 12.4. The Morgan fingerprint density at radius 3 is 2.46 bits per heavy atom. The van der Waals surface area contributed by atoms with Gasteiger partial charge in [0.15, 0.2) is 9.84 Å². The number of hydrogen-bond acceptors (Lipinski definition) is 4. The number of rotatable bonds is 6. The molecule has 0 atom stereocenters. The van der Waals surface area contributed by atoms with Gasteiger partial charge in [0.05, 0.1) is 5.75 Å². The number of sulfone groups is 1. The Balaban J connectivity index is 2.09. The van der Waals surface area contributed by atoms with E-state index < -0.39 is 27.9 Å². The van der Waals surface area contributed by atoms with Crippen molar-refractivity contribution in [3.05, 3.63) is 65.2 Å². The highest BCUT2D eigenvalue weighted by molar-refractivity contribution is 7.89. The van der Waals surface area contributed by atoms with Gasteiger partial charge in [0.1, 0.15) is 5.75 Å². The molecular weight excluding hydrogens is 371 g/mol. The topological polar surface area (TPSA) is 72.5 Å². The third kappa shape index (κ3) is 6.40. The quantitative estimate of drug-likeness (QED) is 0.827. The van der Waals surface area contributed by atoms with E-state index >= 15 is 0 Å². The number of nitrogens with one attached hydrogen (secondary N) is 1. The molecule has 0 aliphatic rings. The van der Waals surface area contributed by atoms with Crippen LogP contribution in [0.25, 0.3) is 0 Å². The first-order valence-electron chi connectivity index (χ1n) is 7.42. The van der Waals surface area contributed by atoms with E-state index in [2.05, 4.69) is 10.1 Å². The minimum atomic E-state index is -4.83. The van der Waals surface area contributed by atoms with Crippen LogP contribution < -0.4 is 10.1 Å². The molecule has 0 saturated carbocycles. The lowest BCUT2D eigenvalue weighted by molar-refractivity contribution is -0.274. The smallest absolute Gasteiger partial charge is 0.405 e. The van der Waals surface area contributed by atoms with Gasteiger partial charge in [0, 0.05) is 23.9 Å². The minimum Gasteiger partial charge on any atom is -0.405 e. The number of para-hydroxylation sites is 1. The second kappa shape index (κ2) is 7.77. The molecule has 5 nitrogen and oxygen atoms in total. The number of carbonyl (C=O) groups is 1. The molecule has 0 saturated heterocycles. The Morgan fingerprint density at radius 1 is 1.12 bits per heavy atom.